The smallest absolute Gasteiger partial charge is 0.414 e. The lowest BCUT2D eigenvalue weighted by molar-refractivity contribution is -0.135. The normalized spacial score (nSPS) is 21.9. The van der Waals surface area contributed by atoms with E-state index in [2.05, 4.69) is 23.6 Å². The van der Waals surface area contributed by atoms with Gasteiger partial charge in [0.05, 0.1) is 0 Å². The highest BCUT2D eigenvalue weighted by Crippen LogP contribution is 2.33. The summed E-state index contributed by atoms with van der Waals surface area (Å²) in [6, 6.07) is 5.69. The van der Waals surface area contributed by atoms with E-state index in [1.54, 1.807) is 16.7 Å². The van der Waals surface area contributed by atoms with Gasteiger partial charge in [-0.2, -0.15) is 0 Å². The van der Waals surface area contributed by atoms with Crippen LogP contribution >= 0.6 is 11.6 Å². The number of nitrogens with zero attached hydrogens (tertiary/aromatic N) is 4. The Bertz CT molecular complexity index is 1010. The molecule has 0 bridgehead atoms. The maximum absolute atomic E-state index is 13.3. The van der Waals surface area contributed by atoms with Gasteiger partial charge in [-0.1, -0.05) is 31.5 Å². The van der Waals surface area contributed by atoms with Crippen LogP contribution in [0.1, 0.15) is 58.4 Å². The quantitative estimate of drug-likeness (QED) is 0.433. The Hall–Kier alpha value is -2.32. The maximum atomic E-state index is 13.3. The molecule has 3 amide bonds. The lowest BCUT2D eigenvalue weighted by Gasteiger charge is -2.32. The molecule has 3 aliphatic rings. The third-order valence-electron chi connectivity index (χ3n) is 8.91. The fourth-order valence-electron chi connectivity index (χ4n) is 6.37. The number of aryl methyl sites for hydroxylation is 1. The van der Waals surface area contributed by atoms with Crippen LogP contribution in [0.2, 0.25) is 5.02 Å². The van der Waals surface area contributed by atoms with Crippen LogP contribution in [0.5, 0.6) is 0 Å². The Morgan fingerprint density at radius 3 is 2.23 bits per heavy atom. The summed E-state index contributed by atoms with van der Waals surface area (Å²) in [4.78, 5) is 45.9. The molecule has 3 aliphatic heterocycles. The zero-order valence-electron chi connectivity index (χ0n) is 24.0. The Labute approximate surface area is 238 Å². The van der Waals surface area contributed by atoms with Crippen LogP contribution in [0.25, 0.3) is 0 Å². The van der Waals surface area contributed by atoms with Gasteiger partial charge in [-0.25, -0.2) is 4.79 Å². The van der Waals surface area contributed by atoms with E-state index in [-0.39, 0.29) is 24.0 Å². The van der Waals surface area contributed by atoms with Gasteiger partial charge in [-0.3, -0.25) is 14.5 Å². The number of halogens is 1. The van der Waals surface area contributed by atoms with E-state index in [1.165, 1.54) is 0 Å². The number of anilines is 1. The van der Waals surface area contributed by atoms with Crippen molar-refractivity contribution in [3.05, 3.63) is 28.8 Å². The van der Waals surface area contributed by atoms with Crippen molar-refractivity contribution in [3.63, 3.8) is 0 Å². The maximum Gasteiger partial charge on any atom is 0.414 e. The number of amides is 3. The summed E-state index contributed by atoms with van der Waals surface area (Å²) < 4.78 is 5.92. The van der Waals surface area contributed by atoms with Crippen molar-refractivity contribution in [2.75, 3.05) is 57.3 Å². The monoisotopic (exact) mass is 560 g/mol. The molecule has 3 heterocycles. The Balaban J connectivity index is 1.30. The largest absolute Gasteiger partial charge is 0.446 e. The van der Waals surface area contributed by atoms with Gasteiger partial charge in [-0.05, 0) is 62.3 Å². The van der Waals surface area contributed by atoms with Crippen LogP contribution in [0, 0.1) is 24.7 Å². The summed E-state index contributed by atoms with van der Waals surface area (Å²) in [5, 5.41) is 0.625. The molecule has 2 unspecified atom stereocenters. The molecule has 3 saturated heterocycles. The van der Waals surface area contributed by atoms with E-state index in [4.69, 9.17) is 16.3 Å². The number of rotatable bonds is 9. The van der Waals surface area contributed by atoms with Gasteiger partial charge < -0.3 is 19.4 Å². The average Bonchev–Trinajstić information content (AvgIpc) is 3.48. The molecule has 0 aromatic heterocycles. The summed E-state index contributed by atoms with van der Waals surface area (Å²) in [5.41, 5.74) is 1.70. The standard InChI is InChI=1S/C30H45ClN4O4/c1-5-23(6-2)29(37)34-19-24-17-32(18-25(24)20-34)12-7-13-35(26-9-8-21(3)28(31)16-26)30(38)39-27-10-14-33(15-11-27)22(4)36/h8-9,16,23-25,27H,5-7,10-15,17-20H2,1-4H3. The van der Waals surface area contributed by atoms with E-state index in [0.717, 1.165) is 63.2 Å². The van der Waals surface area contributed by atoms with Gasteiger partial charge >= 0.3 is 6.09 Å². The number of benzene rings is 1. The highest BCUT2D eigenvalue weighted by atomic mass is 35.5. The second-order valence-corrected chi connectivity index (χ2v) is 12.0. The summed E-state index contributed by atoms with van der Waals surface area (Å²) in [7, 11) is 0. The molecule has 0 radical (unpaired) electrons. The Morgan fingerprint density at radius 1 is 1.03 bits per heavy atom. The minimum Gasteiger partial charge on any atom is -0.446 e. The van der Waals surface area contributed by atoms with Gasteiger partial charge in [0, 0.05) is 82.2 Å². The van der Waals surface area contributed by atoms with Crippen LogP contribution in [0.3, 0.4) is 0 Å². The summed E-state index contributed by atoms with van der Waals surface area (Å²) in [6.07, 6.45) is 3.40. The number of hydrogen-bond acceptors (Lipinski definition) is 5. The van der Waals surface area contributed by atoms with E-state index >= 15 is 0 Å². The van der Waals surface area contributed by atoms with Crippen LogP contribution in [-0.4, -0.2) is 91.1 Å². The first-order chi connectivity index (χ1) is 18.7. The second kappa shape index (κ2) is 13.4. The molecule has 1 aromatic rings. The number of ether oxygens (including phenoxy) is 1. The van der Waals surface area contributed by atoms with Gasteiger partial charge in [0.1, 0.15) is 6.10 Å². The molecule has 9 heteroatoms. The van der Waals surface area contributed by atoms with Crippen LogP contribution < -0.4 is 4.90 Å². The molecular weight excluding hydrogens is 516 g/mol. The highest BCUT2D eigenvalue weighted by Gasteiger charge is 2.42. The number of carbonyl (C=O) groups is 3. The van der Waals surface area contributed by atoms with Crippen molar-refractivity contribution in [1.29, 1.82) is 0 Å². The van der Waals surface area contributed by atoms with Crippen LogP contribution in [-0.2, 0) is 14.3 Å². The topological polar surface area (TPSA) is 73.4 Å². The van der Waals surface area contributed by atoms with Gasteiger partial charge in [-0.15, -0.1) is 0 Å². The van der Waals surface area contributed by atoms with Gasteiger partial charge in [0.2, 0.25) is 11.8 Å². The van der Waals surface area contributed by atoms with E-state index in [0.29, 0.717) is 55.2 Å². The number of hydrogen-bond donors (Lipinski definition) is 0. The van der Waals surface area contributed by atoms with E-state index < -0.39 is 0 Å². The predicted octanol–water partition coefficient (Wildman–Crippen LogP) is 4.82. The SMILES string of the molecule is CCC(CC)C(=O)N1CC2CN(CCCN(C(=O)OC3CCN(C(C)=O)CC3)c3ccc(C)c(Cl)c3)CC2C1. The fourth-order valence-corrected chi connectivity index (χ4v) is 6.55. The summed E-state index contributed by atoms with van der Waals surface area (Å²) >= 11 is 6.41. The lowest BCUT2D eigenvalue weighted by atomic mass is 10.0. The molecule has 2 atom stereocenters. The molecule has 216 valence electrons. The first-order valence-electron chi connectivity index (χ1n) is 14.7. The first-order valence-corrected chi connectivity index (χ1v) is 15.1. The Kier molecular flexibility index (Phi) is 10.2. The average molecular weight is 561 g/mol. The Morgan fingerprint density at radius 2 is 1.67 bits per heavy atom. The van der Waals surface area contributed by atoms with Crippen molar-refractivity contribution >= 4 is 35.2 Å². The van der Waals surface area contributed by atoms with Crippen molar-refractivity contribution in [3.8, 4) is 0 Å². The van der Waals surface area contributed by atoms with E-state index in [9.17, 15) is 14.4 Å². The second-order valence-electron chi connectivity index (χ2n) is 11.6. The number of fused-ring (bicyclic) bond motifs is 1. The van der Waals surface area contributed by atoms with Crippen LogP contribution in [0.15, 0.2) is 18.2 Å². The van der Waals surface area contributed by atoms with Crippen molar-refractivity contribution in [1.82, 2.24) is 14.7 Å². The predicted molar refractivity (Wildman–Crippen MR) is 154 cm³/mol. The third-order valence-corrected chi connectivity index (χ3v) is 9.31. The van der Waals surface area contributed by atoms with Crippen LogP contribution in [0.4, 0.5) is 10.5 Å². The molecule has 4 rings (SSSR count). The first kappa shape index (κ1) is 29.7. The van der Waals surface area contributed by atoms with Gasteiger partial charge in [0.15, 0.2) is 0 Å². The zero-order chi connectivity index (χ0) is 28.1. The van der Waals surface area contributed by atoms with E-state index in [1.807, 2.05) is 25.1 Å². The molecule has 0 N–H and O–H groups in total. The van der Waals surface area contributed by atoms with Crippen molar-refractivity contribution in [2.24, 2.45) is 17.8 Å². The molecule has 0 spiro atoms. The highest BCUT2D eigenvalue weighted by molar-refractivity contribution is 6.31. The summed E-state index contributed by atoms with van der Waals surface area (Å²) in [5.74, 6) is 1.64. The molecule has 8 nitrogen and oxygen atoms in total. The fraction of sp³-hybridized carbons (Fsp3) is 0.700. The molecule has 0 saturated carbocycles. The number of piperidine rings is 1. The molecule has 39 heavy (non-hydrogen) atoms. The minimum absolute atomic E-state index is 0.0622. The number of likely N-dealkylation sites (tertiary alicyclic amines) is 3. The minimum atomic E-state index is -0.356. The molecule has 0 aliphatic carbocycles. The molecule has 3 fully saturated rings. The lowest BCUT2D eigenvalue weighted by Crippen LogP contribution is -2.43. The van der Waals surface area contributed by atoms with Gasteiger partial charge in [0.25, 0.3) is 0 Å². The third kappa shape index (κ3) is 7.26. The van der Waals surface area contributed by atoms with Crippen molar-refractivity contribution < 1.29 is 19.1 Å². The molecular formula is C30H45ClN4O4. The van der Waals surface area contributed by atoms with Crippen molar-refractivity contribution in [2.45, 2.75) is 65.9 Å². The molecule has 1 aromatic carbocycles. The number of carbonyl (C=O) groups excluding carboxylic acids is 3. The zero-order valence-corrected chi connectivity index (χ0v) is 24.8. The summed E-state index contributed by atoms with van der Waals surface area (Å²) in [6.45, 7) is 14.1.